The summed E-state index contributed by atoms with van der Waals surface area (Å²) in [4.78, 5) is 24.0. The van der Waals surface area contributed by atoms with Crippen LogP contribution in [0.4, 0.5) is 11.5 Å². The van der Waals surface area contributed by atoms with Gasteiger partial charge < -0.3 is 5.32 Å². The molecule has 2 N–H and O–H groups in total. The summed E-state index contributed by atoms with van der Waals surface area (Å²) in [6, 6.07) is 9.42. The smallest absolute Gasteiger partial charge is 0.332 e. The van der Waals surface area contributed by atoms with Crippen molar-refractivity contribution in [3.05, 3.63) is 51.2 Å². The third-order valence-electron chi connectivity index (χ3n) is 3.20. The van der Waals surface area contributed by atoms with Crippen molar-refractivity contribution in [1.29, 1.82) is 0 Å². The largest absolute Gasteiger partial charge is 0.340 e. The van der Waals surface area contributed by atoms with Crippen molar-refractivity contribution in [2.45, 2.75) is 0 Å². The second-order valence-corrected chi connectivity index (χ2v) is 4.49. The van der Waals surface area contributed by atoms with Gasteiger partial charge in [-0.2, -0.15) is 5.10 Å². The quantitative estimate of drug-likeness (QED) is 0.718. The highest BCUT2D eigenvalue weighted by Gasteiger charge is 2.15. The second kappa shape index (κ2) is 4.37. The Hall–Kier alpha value is -2.83. The summed E-state index contributed by atoms with van der Waals surface area (Å²) < 4.78 is 2.40. The Kier molecular flexibility index (Phi) is 2.67. The number of H-pyrrole nitrogens is 1. The van der Waals surface area contributed by atoms with Gasteiger partial charge in [0.15, 0.2) is 5.65 Å². The molecule has 20 heavy (non-hydrogen) atoms. The molecule has 0 unspecified atom stereocenters. The van der Waals surface area contributed by atoms with Gasteiger partial charge in [-0.3, -0.25) is 19.0 Å². The molecule has 0 aliphatic carbocycles. The van der Waals surface area contributed by atoms with Crippen LogP contribution in [0.2, 0.25) is 0 Å². The van der Waals surface area contributed by atoms with E-state index in [1.165, 1.54) is 11.6 Å². The molecule has 2 heterocycles. The normalized spacial score (nSPS) is 10.9. The van der Waals surface area contributed by atoms with Crippen LogP contribution in [-0.4, -0.2) is 19.3 Å². The molecule has 102 valence electrons. The minimum absolute atomic E-state index is 0.330. The Bertz CT molecular complexity index is 889. The summed E-state index contributed by atoms with van der Waals surface area (Å²) in [5.41, 5.74) is 0.376. The van der Waals surface area contributed by atoms with Crippen LogP contribution in [-0.2, 0) is 14.1 Å². The van der Waals surface area contributed by atoms with E-state index in [1.807, 2.05) is 30.3 Å². The Morgan fingerprint density at radius 2 is 1.80 bits per heavy atom. The average Bonchev–Trinajstić information content (AvgIpc) is 2.88. The molecule has 3 aromatic rings. The van der Waals surface area contributed by atoms with E-state index in [2.05, 4.69) is 15.5 Å². The number of rotatable bonds is 2. The molecule has 3 rings (SSSR count). The fourth-order valence-electron chi connectivity index (χ4n) is 2.10. The van der Waals surface area contributed by atoms with Crippen LogP contribution in [0.5, 0.6) is 0 Å². The molecule has 2 aromatic heterocycles. The predicted octanol–water partition coefficient (Wildman–Crippen LogP) is 0.704. The number of aromatic amines is 1. The number of anilines is 2. The van der Waals surface area contributed by atoms with Crippen molar-refractivity contribution >= 4 is 22.5 Å². The molecule has 1 aromatic carbocycles. The maximum atomic E-state index is 12.2. The molecular weight excluding hydrogens is 258 g/mol. The summed E-state index contributed by atoms with van der Waals surface area (Å²) >= 11 is 0. The van der Waals surface area contributed by atoms with Crippen molar-refractivity contribution in [1.82, 2.24) is 19.3 Å². The maximum Gasteiger partial charge on any atom is 0.332 e. The highest BCUT2D eigenvalue weighted by molar-refractivity contribution is 5.88. The number of nitrogens with one attached hydrogen (secondary N) is 2. The van der Waals surface area contributed by atoms with Gasteiger partial charge in [-0.25, -0.2) is 4.79 Å². The van der Waals surface area contributed by atoms with Crippen LogP contribution in [0.25, 0.3) is 11.0 Å². The number of aryl methyl sites for hydroxylation is 1. The third-order valence-corrected chi connectivity index (χ3v) is 3.20. The predicted molar refractivity (Wildman–Crippen MR) is 76.3 cm³/mol. The fourth-order valence-corrected chi connectivity index (χ4v) is 2.10. The molecule has 0 fully saturated rings. The van der Waals surface area contributed by atoms with Crippen molar-refractivity contribution in [3.8, 4) is 0 Å². The van der Waals surface area contributed by atoms with Gasteiger partial charge in [-0.05, 0) is 12.1 Å². The van der Waals surface area contributed by atoms with Crippen LogP contribution in [0, 0.1) is 0 Å². The number of hydrogen-bond acceptors (Lipinski definition) is 4. The fraction of sp³-hybridized carbons (Fsp3) is 0.154. The van der Waals surface area contributed by atoms with Crippen LogP contribution in [0.1, 0.15) is 0 Å². The Morgan fingerprint density at radius 3 is 2.50 bits per heavy atom. The van der Waals surface area contributed by atoms with Crippen LogP contribution >= 0.6 is 0 Å². The zero-order chi connectivity index (χ0) is 14.3. The molecular formula is C13H13N5O2. The van der Waals surface area contributed by atoms with Crippen LogP contribution in [0.15, 0.2) is 39.9 Å². The second-order valence-electron chi connectivity index (χ2n) is 4.49. The van der Waals surface area contributed by atoms with E-state index in [0.29, 0.717) is 16.9 Å². The van der Waals surface area contributed by atoms with Gasteiger partial charge in [-0.15, -0.1) is 0 Å². The van der Waals surface area contributed by atoms with E-state index in [-0.39, 0.29) is 5.56 Å². The van der Waals surface area contributed by atoms with Gasteiger partial charge in [0.05, 0.1) is 0 Å². The molecule has 0 bridgehead atoms. The first-order valence-electron chi connectivity index (χ1n) is 6.05. The standard InChI is InChI=1S/C13H13N5O2/c1-17-11-9(12(19)18(2)13(17)20)10(15-16-11)14-8-6-4-3-5-7-8/h3-7H,1-2H3,(H2,14,15,16). The highest BCUT2D eigenvalue weighted by atomic mass is 16.2. The zero-order valence-electron chi connectivity index (χ0n) is 11.0. The molecule has 7 nitrogen and oxygen atoms in total. The molecule has 0 aliphatic rings. The minimum atomic E-state index is -0.403. The van der Waals surface area contributed by atoms with E-state index in [0.717, 1.165) is 10.3 Å². The molecule has 0 radical (unpaired) electrons. The van der Waals surface area contributed by atoms with E-state index < -0.39 is 5.69 Å². The van der Waals surface area contributed by atoms with Gasteiger partial charge in [0.25, 0.3) is 5.56 Å². The Labute approximate surface area is 113 Å². The Morgan fingerprint density at radius 1 is 1.10 bits per heavy atom. The first-order chi connectivity index (χ1) is 9.59. The lowest BCUT2D eigenvalue weighted by Crippen LogP contribution is -2.36. The molecule has 0 atom stereocenters. The lowest BCUT2D eigenvalue weighted by atomic mass is 10.3. The van der Waals surface area contributed by atoms with Crippen LogP contribution in [0.3, 0.4) is 0 Å². The topological polar surface area (TPSA) is 84.7 Å². The monoisotopic (exact) mass is 271 g/mol. The van der Waals surface area contributed by atoms with Gasteiger partial charge in [0.1, 0.15) is 11.2 Å². The van der Waals surface area contributed by atoms with Gasteiger partial charge in [0.2, 0.25) is 0 Å². The number of benzene rings is 1. The summed E-state index contributed by atoms with van der Waals surface area (Å²) in [5.74, 6) is 0.474. The van der Waals surface area contributed by atoms with Crippen molar-refractivity contribution < 1.29 is 0 Å². The molecule has 0 saturated carbocycles. The summed E-state index contributed by atoms with van der Waals surface area (Å²) in [5, 5.41) is 10.3. The number of aromatic nitrogens is 4. The first kappa shape index (κ1) is 12.2. The van der Waals surface area contributed by atoms with Crippen molar-refractivity contribution in [3.63, 3.8) is 0 Å². The Balaban J connectivity index is 2.24. The van der Waals surface area contributed by atoms with Gasteiger partial charge in [0, 0.05) is 19.8 Å². The third kappa shape index (κ3) is 1.71. The lowest BCUT2D eigenvalue weighted by molar-refractivity contribution is 0.708. The number of hydrogen-bond donors (Lipinski definition) is 2. The first-order valence-corrected chi connectivity index (χ1v) is 6.05. The van der Waals surface area contributed by atoms with E-state index in [9.17, 15) is 9.59 Å². The molecule has 0 amide bonds. The van der Waals surface area contributed by atoms with Gasteiger partial charge in [-0.1, -0.05) is 18.2 Å². The van der Waals surface area contributed by atoms with Crippen LogP contribution < -0.4 is 16.6 Å². The average molecular weight is 271 g/mol. The molecule has 0 aliphatic heterocycles. The molecule has 0 saturated heterocycles. The number of nitrogens with zero attached hydrogens (tertiary/aromatic N) is 3. The van der Waals surface area contributed by atoms with Gasteiger partial charge >= 0.3 is 5.69 Å². The maximum absolute atomic E-state index is 12.2. The van der Waals surface area contributed by atoms with Crippen molar-refractivity contribution in [2.24, 2.45) is 14.1 Å². The van der Waals surface area contributed by atoms with E-state index in [1.54, 1.807) is 7.05 Å². The van der Waals surface area contributed by atoms with Crippen molar-refractivity contribution in [2.75, 3.05) is 5.32 Å². The van der Waals surface area contributed by atoms with E-state index in [4.69, 9.17) is 0 Å². The molecule has 0 spiro atoms. The van der Waals surface area contributed by atoms with E-state index >= 15 is 0 Å². The number of fused-ring (bicyclic) bond motifs is 1. The SMILES string of the molecule is Cn1c(=O)c2c(Nc3ccccc3)[nH]nc2n(C)c1=O. The highest BCUT2D eigenvalue weighted by Crippen LogP contribution is 2.19. The summed E-state index contributed by atoms with van der Waals surface area (Å²) in [6.07, 6.45) is 0. The summed E-state index contributed by atoms with van der Waals surface area (Å²) in [7, 11) is 3.03. The molecule has 7 heteroatoms. The summed E-state index contributed by atoms with van der Waals surface area (Å²) in [6.45, 7) is 0. The zero-order valence-corrected chi connectivity index (χ0v) is 11.0. The lowest BCUT2D eigenvalue weighted by Gasteiger charge is -2.05. The minimum Gasteiger partial charge on any atom is -0.340 e. The number of para-hydroxylation sites is 1.